The van der Waals surface area contributed by atoms with Crippen molar-refractivity contribution in [1.82, 2.24) is 14.6 Å². The van der Waals surface area contributed by atoms with Gasteiger partial charge in [0.25, 0.3) is 0 Å². The van der Waals surface area contributed by atoms with Crippen LogP contribution in [0, 0.1) is 11.8 Å². The molecule has 1 N–H and O–H groups in total. The molecule has 2 aromatic rings. The van der Waals surface area contributed by atoms with Crippen LogP contribution in [0.25, 0.3) is 5.65 Å². The van der Waals surface area contributed by atoms with E-state index in [-0.39, 0.29) is 0 Å². The molecule has 0 saturated heterocycles. The summed E-state index contributed by atoms with van der Waals surface area (Å²) in [5, 5.41) is 8.09. The second-order valence-corrected chi connectivity index (χ2v) is 6.86. The molecule has 1 fully saturated rings. The van der Waals surface area contributed by atoms with Crippen molar-refractivity contribution in [1.29, 1.82) is 0 Å². The van der Waals surface area contributed by atoms with E-state index >= 15 is 0 Å². The number of fused-ring (bicyclic) bond motifs is 1. The van der Waals surface area contributed by atoms with Crippen molar-refractivity contribution in [3.05, 3.63) is 22.8 Å². The molecule has 1 aliphatic carbocycles. The monoisotopic (exact) mass is 336 g/mol. The predicted octanol–water partition coefficient (Wildman–Crippen LogP) is 4.12. The Kier molecular flexibility index (Phi) is 3.96. The molecule has 1 saturated carbocycles. The second-order valence-electron chi connectivity index (χ2n) is 6.00. The summed E-state index contributed by atoms with van der Waals surface area (Å²) in [5.41, 5.74) is 0.868. The summed E-state index contributed by atoms with van der Waals surface area (Å²) in [6.45, 7) is 4.64. The Balaban J connectivity index is 1.82. The summed E-state index contributed by atoms with van der Waals surface area (Å²) in [5.74, 6) is 2.17. The lowest BCUT2D eigenvalue weighted by Crippen LogP contribution is -2.35. The fourth-order valence-corrected chi connectivity index (χ4v) is 3.66. The molecule has 0 radical (unpaired) electrons. The van der Waals surface area contributed by atoms with Crippen LogP contribution in [0.15, 0.2) is 22.8 Å². The first-order valence-electron chi connectivity index (χ1n) is 7.42. The van der Waals surface area contributed by atoms with Gasteiger partial charge in [0.1, 0.15) is 0 Å². The number of nitrogens with one attached hydrogen (secondary N) is 1. The molecule has 0 spiro atoms. The first kappa shape index (κ1) is 13.9. The molecule has 20 heavy (non-hydrogen) atoms. The van der Waals surface area contributed by atoms with Crippen LogP contribution >= 0.6 is 15.9 Å². The molecule has 2 atom stereocenters. The fourth-order valence-electron chi connectivity index (χ4n) is 3.24. The molecule has 0 aliphatic heterocycles. The zero-order chi connectivity index (χ0) is 14.1. The van der Waals surface area contributed by atoms with Crippen molar-refractivity contribution in [3.63, 3.8) is 0 Å². The first-order chi connectivity index (χ1) is 9.65. The molecular formula is C15H21BrN4. The highest BCUT2D eigenvalue weighted by molar-refractivity contribution is 9.10. The molecule has 108 valence electrons. The number of halogens is 1. The van der Waals surface area contributed by atoms with Gasteiger partial charge in [-0.1, -0.05) is 26.7 Å². The number of aromatic nitrogens is 3. The standard InChI is InChI=1S/C15H21BrN4/c1-10(2)11-6-3-4-8-13(11)17-15-18-14-12(16)7-5-9-20(14)19-15/h5,7,9-11,13H,3-4,6,8H2,1-2H3,(H,17,19). The number of anilines is 1. The number of nitrogens with zero attached hydrogens (tertiary/aromatic N) is 3. The Morgan fingerprint density at radius 2 is 2.15 bits per heavy atom. The number of rotatable bonds is 3. The van der Waals surface area contributed by atoms with Crippen molar-refractivity contribution in [2.75, 3.05) is 5.32 Å². The molecule has 2 unspecified atom stereocenters. The summed E-state index contributed by atoms with van der Waals surface area (Å²) in [7, 11) is 0. The van der Waals surface area contributed by atoms with Crippen molar-refractivity contribution in [2.24, 2.45) is 11.8 Å². The van der Waals surface area contributed by atoms with Gasteiger partial charge in [-0.2, -0.15) is 4.98 Å². The maximum atomic E-state index is 4.59. The number of pyridine rings is 1. The largest absolute Gasteiger partial charge is 0.350 e. The molecule has 2 heterocycles. The van der Waals surface area contributed by atoms with Gasteiger partial charge in [0.2, 0.25) is 5.95 Å². The zero-order valence-corrected chi connectivity index (χ0v) is 13.6. The molecule has 5 heteroatoms. The van der Waals surface area contributed by atoms with Crippen LogP contribution < -0.4 is 5.32 Å². The minimum Gasteiger partial charge on any atom is -0.350 e. The van der Waals surface area contributed by atoms with Gasteiger partial charge in [-0.05, 0) is 52.7 Å². The second kappa shape index (κ2) is 5.72. The molecule has 4 nitrogen and oxygen atoms in total. The summed E-state index contributed by atoms with van der Waals surface area (Å²) < 4.78 is 2.80. The van der Waals surface area contributed by atoms with Gasteiger partial charge in [0, 0.05) is 12.2 Å². The van der Waals surface area contributed by atoms with Crippen LogP contribution in [0.3, 0.4) is 0 Å². The SMILES string of the molecule is CC(C)C1CCCCC1Nc1nc2c(Br)cccn2n1. The summed E-state index contributed by atoms with van der Waals surface area (Å²) >= 11 is 3.52. The smallest absolute Gasteiger partial charge is 0.243 e. The van der Waals surface area contributed by atoms with E-state index in [2.05, 4.69) is 45.2 Å². The van der Waals surface area contributed by atoms with E-state index in [1.807, 2.05) is 22.8 Å². The van der Waals surface area contributed by atoms with Crippen LogP contribution in [0.5, 0.6) is 0 Å². The third-order valence-corrected chi connectivity index (χ3v) is 4.92. The molecule has 2 aromatic heterocycles. The van der Waals surface area contributed by atoms with Gasteiger partial charge in [0.15, 0.2) is 5.65 Å². The topological polar surface area (TPSA) is 42.2 Å². The van der Waals surface area contributed by atoms with Gasteiger partial charge in [-0.25, -0.2) is 4.52 Å². The lowest BCUT2D eigenvalue weighted by Gasteiger charge is -2.34. The van der Waals surface area contributed by atoms with Crippen molar-refractivity contribution < 1.29 is 0 Å². The lowest BCUT2D eigenvalue weighted by atomic mass is 9.78. The zero-order valence-electron chi connectivity index (χ0n) is 12.0. The van der Waals surface area contributed by atoms with Gasteiger partial charge in [0.05, 0.1) is 4.47 Å². The van der Waals surface area contributed by atoms with Crippen LogP contribution in [0.4, 0.5) is 5.95 Å². The van der Waals surface area contributed by atoms with Crippen LogP contribution in [-0.2, 0) is 0 Å². The van der Waals surface area contributed by atoms with E-state index in [4.69, 9.17) is 0 Å². The molecule has 3 rings (SSSR count). The average molecular weight is 337 g/mol. The first-order valence-corrected chi connectivity index (χ1v) is 8.22. The molecular weight excluding hydrogens is 316 g/mol. The van der Waals surface area contributed by atoms with Gasteiger partial charge in [-0.15, -0.1) is 5.10 Å². The lowest BCUT2D eigenvalue weighted by molar-refractivity contribution is 0.253. The van der Waals surface area contributed by atoms with E-state index in [9.17, 15) is 0 Å². The Morgan fingerprint density at radius 3 is 2.90 bits per heavy atom. The maximum absolute atomic E-state index is 4.59. The predicted molar refractivity (Wildman–Crippen MR) is 84.9 cm³/mol. The summed E-state index contributed by atoms with van der Waals surface area (Å²) in [4.78, 5) is 4.59. The van der Waals surface area contributed by atoms with Crippen LogP contribution in [-0.4, -0.2) is 20.6 Å². The van der Waals surface area contributed by atoms with E-state index in [1.165, 1.54) is 25.7 Å². The highest BCUT2D eigenvalue weighted by Crippen LogP contribution is 2.32. The van der Waals surface area contributed by atoms with Crippen molar-refractivity contribution in [3.8, 4) is 0 Å². The minimum absolute atomic E-state index is 0.500. The van der Waals surface area contributed by atoms with Crippen LogP contribution in [0.1, 0.15) is 39.5 Å². The Labute approximate surface area is 128 Å². The van der Waals surface area contributed by atoms with E-state index < -0.39 is 0 Å². The van der Waals surface area contributed by atoms with Gasteiger partial charge >= 0.3 is 0 Å². The average Bonchev–Trinajstić information content (AvgIpc) is 2.83. The quantitative estimate of drug-likeness (QED) is 0.916. The molecule has 0 amide bonds. The molecule has 0 aromatic carbocycles. The van der Waals surface area contributed by atoms with E-state index in [0.717, 1.165) is 22.0 Å². The summed E-state index contributed by atoms with van der Waals surface area (Å²) in [6.07, 6.45) is 7.12. The molecule has 1 aliphatic rings. The highest BCUT2D eigenvalue weighted by Gasteiger charge is 2.28. The third-order valence-electron chi connectivity index (χ3n) is 4.30. The third kappa shape index (κ3) is 2.68. The van der Waals surface area contributed by atoms with E-state index in [0.29, 0.717) is 12.0 Å². The number of hydrogen-bond acceptors (Lipinski definition) is 3. The Bertz CT molecular complexity index is 593. The summed E-state index contributed by atoms with van der Waals surface area (Å²) in [6, 6.07) is 4.46. The Morgan fingerprint density at radius 1 is 1.35 bits per heavy atom. The van der Waals surface area contributed by atoms with Crippen LogP contribution in [0.2, 0.25) is 0 Å². The highest BCUT2D eigenvalue weighted by atomic mass is 79.9. The Hall–Kier alpha value is -1.10. The van der Waals surface area contributed by atoms with Crippen molar-refractivity contribution >= 4 is 27.5 Å². The van der Waals surface area contributed by atoms with Gasteiger partial charge < -0.3 is 5.32 Å². The fraction of sp³-hybridized carbons (Fsp3) is 0.600. The normalized spacial score (nSPS) is 23.4. The molecule has 0 bridgehead atoms. The number of hydrogen-bond donors (Lipinski definition) is 1. The van der Waals surface area contributed by atoms with Crippen molar-refractivity contribution in [2.45, 2.75) is 45.6 Å². The maximum Gasteiger partial charge on any atom is 0.243 e. The van der Waals surface area contributed by atoms with E-state index in [1.54, 1.807) is 0 Å². The van der Waals surface area contributed by atoms with Gasteiger partial charge in [-0.3, -0.25) is 0 Å². The minimum atomic E-state index is 0.500.